The average molecular weight is 349 g/mol. The Morgan fingerprint density at radius 2 is 1.71 bits per heavy atom. The first kappa shape index (κ1) is 18.1. The van der Waals surface area contributed by atoms with Crippen LogP contribution in [0.4, 0.5) is 0 Å². The number of halogens is 1. The molecule has 0 N–H and O–H groups in total. The summed E-state index contributed by atoms with van der Waals surface area (Å²) in [6, 6.07) is 10.9. The first-order chi connectivity index (χ1) is 11.5. The Bertz CT molecular complexity index is 689. The number of para-hydroxylation sites is 2. The fraction of sp³-hybridized carbons (Fsp3) is 0.316. The van der Waals surface area contributed by atoms with Gasteiger partial charge in [-0.1, -0.05) is 23.7 Å². The minimum Gasteiger partial charge on any atom is -0.493 e. The van der Waals surface area contributed by atoms with Gasteiger partial charge in [0.1, 0.15) is 5.75 Å². The van der Waals surface area contributed by atoms with Crippen LogP contribution in [0.5, 0.6) is 17.2 Å². The lowest BCUT2D eigenvalue weighted by Crippen LogP contribution is -2.10. The zero-order valence-electron chi connectivity index (χ0n) is 14.1. The van der Waals surface area contributed by atoms with Gasteiger partial charge in [-0.25, -0.2) is 0 Å². The number of carbonyl (C=O) groups excluding carboxylic acids is 1. The monoisotopic (exact) mass is 348 g/mol. The number of hydrogen-bond acceptors (Lipinski definition) is 4. The second-order valence-corrected chi connectivity index (χ2v) is 5.83. The minimum atomic E-state index is -0.292. The van der Waals surface area contributed by atoms with E-state index in [1.165, 1.54) is 0 Å². The summed E-state index contributed by atoms with van der Waals surface area (Å²) in [7, 11) is 1.59. The molecular formula is C19H21ClO4. The Kier molecular flexibility index (Phi) is 6.50. The topological polar surface area (TPSA) is 44.8 Å². The molecule has 0 saturated heterocycles. The van der Waals surface area contributed by atoms with Crippen molar-refractivity contribution in [3.63, 3.8) is 0 Å². The molecule has 0 aliphatic heterocycles. The molecular weight excluding hydrogens is 328 g/mol. The van der Waals surface area contributed by atoms with E-state index in [0.717, 1.165) is 11.1 Å². The average Bonchev–Trinajstić information content (AvgIpc) is 2.57. The number of esters is 1. The fourth-order valence-corrected chi connectivity index (χ4v) is 2.39. The summed E-state index contributed by atoms with van der Waals surface area (Å²) < 4.78 is 16.2. The van der Waals surface area contributed by atoms with Crippen molar-refractivity contribution in [2.75, 3.05) is 13.7 Å². The van der Waals surface area contributed by atoms with Crippen LogP contribution in [0.25, 0.3) is 0 Å². The predicted octanol–water partition coefficient (Wildman–Crippen LogP) is 4.73. The van der Waals surface area contributed by atoms with Crippen molar-refractivity contribution in [2.45, 2.75) is 26.7 Å². The van der Waals surface area contributed by atoms with Gasteiger partial charge in [-0.15, -0.1) is 0 Å². The van der Waals surface area contributed by atoms with Crippen LogP contribution in [0.2, 0.25) is 5.02 Å². The van der Waals surface area contributed by atoms with Gasteiger partial charge in [-0.05, 0) is 55.7 Å². The maximum Gasteiger partial charge on any atom is 0.311 e. The Hall–Kier alpha value is -2.20. The zero-order chi connectivity index (χ0) is 17.5. The van der Waals surface area contributed by atoms with Crippen LogP contribution < -0.4 is 14.2 Å². The molecule has 2 rings (SSSR count). The molecule has 0 unspecified atom stereocenters. The lowest BCUT2D eigenvalue weighted by Gasteiger charge is -2.10. The van der Waals surface area contributed by atoms with Crippen LogP contribution in [0.15, 0.2) is 36.4 Å². The number of rotatable bonds is 7. The predicted molar refractivity (Wildman–Crippen MR) is 94.3 cm³/mol. The summed E-state index contributed by atoms with van der Waals surface area (Å²) in [5.74, 6) is 1.56. The second kappa shape index (κ2) is 8.60. The lowest BCUT2D eigenvalue weighted by molar-refractivity contribution is -0.134. The minimum absolute atomic E-state index is 0.274. The summed E-state index contributed by atoms with van der Waals surface area (Å²) in [5, 5.41) is 0.694. The maximum absolute atomic E-state index is 11.9. The van der Waals surface area contributed by atoms with Crippen LogP contribution in [-0.4, -0.2) is 19.7 Å². The van der Waals surface area contributed by atoms with Gasteiger partial charge >= 0.3 is 5.97 Å². The van der Waals surface area contributed by atoms with Crippen molar-refractivity contribution >= 4 is 17.6 Å². The SMILES string of the molecule is COc1ccccc1OCCCC(=O)Oc1cc(C)c(Cl)c(C)c1. The Balaban J connectivity index is 1.79. The lowest BCUT2D eigenvalue weighted by atomic mass is 10.1. The van der Waals surface area contributed by atoms with Crippen LogP contribution in [0.1, 0.15) is 24.0 Å². The molecule has 5 heteroatoms. The van der Waals surface area contributed by atoms with Crippen molar-refractivity contribution < 1.29 is 19.0 Å². The van der Waals surface area contributed by atoms with Crippen molar-refractivity contribution in [1.29, 1.82) is 0 Å². The van der Waals surface area contributed by atoms with E-state index in [4.69, 9.17) is 25.8 Å². The summed E-state index contributed by atoms with van der Waals surface area (Å²) in [5.41, 5.74) is 1.78. The van der Waals surface area contributed by atoms with Crippen LogP contribution in [-0.2, 0) is 4.79 Å². The molecule has 0 aliphatic carbocycles. The van der Waals surface area contributed by atoms with E-state index in [0.29, 0.717) is 35.3 Å². The van der Waals surface area contributed by atoms with E-state index >= 15 is 0 Å². The van der Waals surface area contributed by atoms with Crippen molar-refractivity contribution in [1.82, 2.24) is 0 Å². The molecule has 128 valence electrons. The Labute approximate surface area is 147 Å². The van der Waals surface area contributed by atoms with Gasteiger partial charge in [0, 0.05) is 11.4 Å². The van der Waals surface area contributed by atoms with Gasteiger partial charge in [-0.2, -0.15) is 0 Å². The Morgan fingerprint density at radius 1 is 1.08 bits per heavy atom. The first-order valence-corrected chi connectivity index (χ1v) is 8.12. The van der Waals surface area contributed by atoms with E-state index in [1.54, 1.807) is 19.2 Å². The molecule has 2 aromatic carbocycles. The third-order valence-corrected chi connectivity index (χ3v) is 4.09. The van der Waals surface area contributed by atoms with Gasteiger partial charge in [0.25, 0.3) is 0 Å². The number of carbonyl (C=O) groups is 1. The fourth-order valence-electron chi connectivity index (χ4n) is 2.28. The van der Waals surface area contributed by atoms with Gasteiger partial charge in [-0.3, -0.25) is 4.79 Å². The van der Waals surface area contributed by atoms with E-state index in [-0.39, 0.29) is 12.4 Å². The molecule has 0 bridgehead atoms. The van der Waals surface area contributed by atoms with Gasteiger partial charge in [0.05, 0.1) is 13.7 Å². The smallest absolute Gasteiger partial charge is 0.311 e. The van der Waals surface area contributed by atoms with E-state index < -0.39 is 0 Å². The maximum atomic E-state index is 11.9. The molecule has 0 fully saturated rings. The molecule has 0 amide bonds. The van der Waals surface area contributed by atoms with E-state index in [2.05, 4.69) is 0 Å². The summed E-state index contributed by atoms with van der Waals surface area (Å²) in [6.07, 6.45) is 0.832. The highest BCUT2D eigenvalue weighted by atomic mass is 35.5. The summed E-state index contributed by atoms with van der Waals surface area (Å²) in [4.78, 5) is 11.9. The van der Waals surface area contributed by atoms with Crippen molar-refractivity contribution in [3.8, 4) is 17.2 Å². The van der Waals surface area contributed by atoms with Gasteiger partial charge < -0.3 is 14.2 Å². The molecule has 0 aromatic heterocycles. The molecule has 0 saturated carbocycles. The first-order valence-electron chi connectivity index (χ1n) is 7.74. The van der Waals surface area contributed by atoms with E-state index in [9.17, 15) is 4.79 Å². The van der Waals surface area contributed by atoms with Gasteiger partial charge in [0.2, 0.25) is 0 Å². The molecule has 2 aromatic rings. The number of ether oxygens (including phenoxy) is 3. The Morgan fingerprint density at radius 3 is 2.33 bits per heavy atom. The standard InChI is InChI=1S/C19H21ClO4/c1-13-11-15(12-14(2)19(13)20)24-18(21)9-6-10-23-17-8-5-4-7-16(17)22-3/h4-5,7-8,11-12H,6,9-10H2,1-3H3. The van der Waals surface area contributed by atoms with Crippen LogP contribution in [0.3, 0.4) is 0 Å². The normalized spacial score (nSPS) is 10.3. The van der Waals surface area contributed by atoms with Crippen molar-refractivity contribution in [3.05, 3.63) is 52.5 Å². The molecule has 0 heterocycles. The largest absolute Gasteiger partial charge is 0.493 e. The molecule has 0 spiro atoms. The number of aryl methyl sites for hydroxylation is 2. The third kappa shape index (κ3) is 4.90. The van der Waals surface area contributed by atoms with Gasteiger partial charge in [0.15, 0.2) is 11.5 Å². The number of benzene rings is 2. The summed E-state index contributed by atoms with van der Waals surface area (Å²) in [6.45, 7) is 4.18. The highest BCUT2D eigenvalue weighted by molar-refractivity contribution is 6.32. The highest BCUT2D eigenvalue weighted by Crippen LogP contribution is 2.27. The molecule has 0 aliphatic rings. The van der Waals surface area contributed by atoms with Crippen LogP contribution in [0, 0.1) is 13.8 Å². The second-order valence-electron chi connectivity index (χ2n) is 5.45. The third-order valence-electron chi connectivity index (χ3n) is 3.49. The van der Waals surface area contributed by atoms with Crippen LogP contribution >= 0.6 is 11.6 Å². The zero-order valence-corrected chi connectivity index (χ0v) is 14.9. The summed E-state index contributed by atoms with van der Waals surface area (Å²) >= 11 is 6.10. The quantitative estimate of drug-likeness (QED) is 0.412. The number of hydrogen-bond donors (Lipinski definition) is 0. The van der Waals surface area contributed by atoms with Crippen molar-refractivity contribution in [2.24, 2.45) is 0 Å². The highest BCUT2D eigenvalue weighted by Gasteiger charge is 2.09. The molecule has 24 heavy (non-hydrogen) atoms. The van der Waals surface area contributed by atoms with E-state index in [1.807, 2.05) is 38.1 Å². The molecule has 0 atom stereocenters. The molecule has 0 radical (unpaired) electrons. The number of methoxy groups -OCH3 is 1. The molecule has 4 nitrogen and oxygen atoms in total.